The lowest BCUT2D eigenvalue weighted by molar-refractivity contribution is -0.125. The number of rotatable bonds is 6. The van der Waals surface area contributed by atoms with Gasteiger partial charge < -0.3 is 10.4 Å². The summed E-state index contributed by atoms with van der Waals surface area (Å²) in [7, 11) is 0. The zero-order valence-electron chi connectivity index (χ0n) is 9.89. The van der Waals surface area contributed by atoms with Crippen molar-refractivity contribution >= 4 is 11.9 Å². The summed E-state index contributed by atoms with van der Waals surface area (Å²) in [6.07, 6.45) is 3.54. The molecule has 6 heteroatoms. The van der Waals surface area contributed by atoms with Crippen molar-refractivity contribution in [1.29, 1.82) is 0 Å². The molecular weight excluding hydrogens is 222 g/mol. The summed E-state index contributed by atoms with van der Waals surface area (Å²) in [5.41, 5.74) is 0. The van der Waals surface area contributed by atoms with Crippen LogP contribution in [0.2, 0.25) is 0 Å². The Hall–Kier alpha value is -1.14. The average molecular weight is 241 g/mol. The van der Waals surface area contributed by atoms with E-state index in [2.05, 4.69) is 10.2 Å². The van der Waals surface area contributed by atoms with Crippen LogP contribution in [0.4, 0.5) is 4.79 Å². The van der Waals surface area contributed by atoms with Crippen molar-refractivity contribution in [2.75, 3.05) is 32.8 Å². The molecule has 1 aliphatic heterocycles. The van der Waals surface area contributed by atoms with Crippen molar-refractivity contribution in [3.8, 4) is 0 Å². The molecule has 0 spiro atoms. The minimum atomic E-state index is -0.299. The van der Waals surface area contributed by atoms with Crippen LogP contribution in [0.15, 0.2) is 0 Å². The van der Waals surface area contributed by atoms with Gasteiger partial charge in [-0.15, -0.1) is 0 Å². The predicted molar refractivity (Wildman–Crippen MR) is 61.4 cm³/mol. The molecular formula is C11H19N3O3. The molecule has 0 bridgehead atoms. The summed E-state index contributed by atoms with van der Waals surface area (Å²) < 4.78 is 0. The fourth-order valence-corrected chi connectivity index (χ4v) is 2.27. The van der Waals surface area contributed by atoms with Crippen LogP contribution < -0.4 is 5.32 Å². The van der Waals surface area contributed by atoms with Gasteiger partial charge in [-0.1, -0.05) is 6.42 Å². The van der Waals surface area contributed by atoms with Crippen LogP contribution in [0, 0.1) is 0 Å². The molecule has 0 radical (unpaired) electrons. The number of carbonyl (C=O) groups is 2. The molecule has 2 rings (SSSR count). The molecule has 0 aromatic rings. The van der Waals surface area contributed by atoms with E-state index in [1.807, 2.05) is 0 Å². The molecule has 1 aliphatic carbocycles. The predicted octanol–water partition coefficient (Wildman–Crippen LogP) is -0.615. The molecule has 17 heavy (non-hydrogen) atoms. The van der Waals surface area contributed by atoms with E-state index in [1.165, 1.54) is 11.3 Å². The van der Waals surface area contributed by atoms with E-state index in [9.17, 15) is 9.59 Å². The summed E-state index contributed by atoms with van der Waals surface area (Å²) in [5.74, 6) is -0.160. The van der Waals surface area contributed by atoms with Gasteiger partial charge in [0.2, 0.25) is 5.91 Å². The van der Waals surface area contributed by atoms with Crippen LogP contribution in [0.3, 0.4) is 0 Å². The molecule has 1 saturated carbocycles. The highest BCUT2D eigenvalue weighted by molar-refractivity contribution is 6.01. The Kier molecular flexibility index (Phi) is 3.96. The van der Waals surface area contributed by atoms with Gasteiger partial charge in [-0.25, -0.2) is 4.79 Å². The number of hydrogen-bond donors (Lipinski definition) is 2. The Morgan fingerprint density at radius 3 is 2.59 bits per heavy atom. The highest BCUT2D eigenvalue weighted by Crippen LogP contribution is 2.24. The second-order valence-corrected chi connectivity index (χ2v) is 4.55. The molecule has 6 nitrogen and oxygen atoms in total. The van der Waals surface area contributed by atoms with E-state index in [0.717, 1.165) is 12.8 Å². The van der Waals surface area contributed by atoms with Gasteiger partial charge in [0.1, 0.15) is 0 Å². The van der Waals surface area contributed by atoms with Crippen molar-refractivity contribution < 1.29 is 14.7 Å². The topological polar surface area (TPSA) is 72.9 Å². The lowest BCUT2D eigenvalue weighted by atomic mass is 9.91. The van der Waals surface area contributed by atoms with Gasteiger partial charge in [-0.3, -0.25) is 14.6 Å². The van der Waals surface area contributed by atoms with Crippen LogP contribution >= 0.6 is 0 Å². The summed E-state index contributed by atoms with van der Waals surface area (Å²) in [5, 5.41) is 11.5. The maximum Gasteiger partial charge on any atom is 0.324 e. The molecule has 2 fully saturated rings. The Bertz CT molecular complexity index is 288. The molecule has 0 aromatic carbocycles. The second kappa shape index (κ2) is 5.46. The first-order chi connectivity index (χ1) is 8.22. The first kappa shape index (κ1) is 12.3. The number of urea groups is 1. The van der Waals surface area contributed by atoms with Crippen LogP contribution in [0.1, 0.15) is 19.3 Å². The molecule has 1 saturated heterocycles. The number of carbonyl (C=O) groups excluding carboxylic acids is 2. The third-order valence-electron chi connectivity index (χ3n) is 3.53. The summed E-state index contributed by atoms with van der Waals surface area (Å²) >= 11 is 0. The molecule has 0 atom stereocenters. The molecule has 2 N–H and O–H groups in total. The van der Waals surface area contributed by atoms with Crippen LogP contribution in [-0.2, 0) is 4.79 Å². The van der Waals surface area contributed by atoms with E-state index >= 15 is 0 Å². The highest BCUT2D eigenvalue weighted by atomic mass is 16.3. The summed E-state index contributed by atoms with van der Waals surface area (Å²) in [6.45, 7) is 1.93. The lowest BCUT2D eigenvalue weighted by Gasteiger charge is -2.37. The Balaban J connectivity index is 1.81. The zero-order chi connectivity index (χ0) is 12.3. The number of aliphatic hydroxyl groups is 1. The van der Waals surface area contributed by atoms with Crippen LogP contribution in [-0.4, -0.2) is 65.7 Å². The quantitative estimate of drug-likeness (QED) is 0.608. The van der Waals surface area contributed by atoms with Crippen LogP contribution in [0.25, 0.3) is 0 Å². The maximum absolute atomic E-state index is 11.4. The third kappa shape index (κ3) is 2.76. The maximum atomic E-state index is 11.4. The molecule has 2 aliphatic rings. The van der Waals surface area contributed by atoms with Crippen molar-refractivity contribution in [3.05, 3.63) is 0 Å². The van der Waals surface area contributed by atoms with Gasteiger partial charge in [-0.2, -0.15) is 0 Å². The number of nitrogens with zero attached hydrogens (tertiary/aromatic N) is 2. The number of aliphatic hydroxyl groups excluding tert-OH is 1. The molecule has 96 valence electrons. The highest BCUT2D eigenvalue weighted by Gasteiger charge is 2.30. The smallest absolute Gasteiger partial charge is 0.324 e. The lowest BCUT2D eigenvalue weighted by Crippen LogP contribution is -2.46. The number of nitrogens with one attached hydrogen (secondary N) is 1. The van der Waals surface area contributed by atoms with Crippen LogP contribution in [0.5, 0.6) is 0 Å². The SMILES string of the molecule is O=C1CNC(=O)N1CCN(CCO)C1CCC1. The monoisotopic (exact) mass is 241 g/mol. The second-order valence-electron chi connectivity index (χ2n) is 4.55. The van der Waals surface area contributed by atoms with E-state index < -0.39 is 0 Å². The van der Waals surface area contributed by atoms with E-state index in [0.29, 0.717) is 25.7 Å². The first-order valence-corrected chi connectivity index (χ1v) is 6.15. The molecule has 0 aromatic heterocycles. The Labute approximate surface area is 101 Å². The largest absolute Gasteiger partial charge is 0.395 e. The van der Waals surface area contributed by atoms with Gasteiger partial charge in [0.15, 0.2) is 0 Å². The first-order valence-electron chi connectivity index (χ1n) is 6.15. The normalized spacial score (nSPS) is 20.9. The molecule has 3 amide bonds. The number of amides is 3. The summed E-state index contributed by atoms with van der Waals surface area (Å²) in [6, 6.07) is 0.218. The summed E-state index contributed by atoms with van der Waals surface area (Å²) in [4.78, 5) is 26.1. The number of hydrogen-bond acceptors (Lipinski definition) is 4. The van der Waals surface area contributed by atoms with E-state index in [4.69, 9.17) is 5.11 Å². The standard InChI is InChI=1S/C11H19N3O3/c15-7-6-13(9-2-1-3-9)4-5-14-10(16)8-12-11(14)17/h9,15H,1-8H2,(H,12,17). The fourth-order valence-electron chi connectivity index (χ4n) is 2.27. The van der Waals surface area contributed by atoms with Gasteiger partial charge in [0.25, 0.3) is 0 Å². The molecule has 1 heterocycles. The van der Waals surface area contributed by atoms with Crippen molar-refractivity contribution in [2.24, 2.45) is 0 Å². The minimum absolute atomic E-state index is 0.113. The van der Waals surface area contributed by atoms with Gasteiger partial charge in [0.05, 0.1) is 13.2 Å². The minimum Gasteiger partial charge on any atom is -0.395 e. The van der Waals surface area contributed by atoms with E-state index in [1.54, 1.807) is 0 Å². The Morgan fingerprint density at radius 1 is 1.35 bits per heavy atom. The fraction of sp³-hybridized carbons (Fsp3) is 0.818. The van der Waals surface area contributed by atoms with Gasteiger partial charge in [0, 0.05) is 25.7 Å². The van der Waals surface area contributed by atoms with E-state index in [-0.39, 0.29) is 25.1 Å². The third-order valence-corrected chi connectivity index (χ3v) is 3.53. The number of imide groups is 1. The zero-order valence-corrected chi connectivity index (χ0v) is 9.89. The van der Waals surface area contributed by atoms with Crippen molar-refractivity contribution in [3.63, 3.8) is 0 Å². The van der Waals surface area contributed by atoms with Gasteiger partial charge in [-0.05, 0) is 12.8 Å². The average Bonchev–Trinajstić information content (AvgIpc) is 2.53. The Morgan fingerprint density at radius 2 is 2.12 bits per heavy atom. The van der Waals surface area contributed by atoms with Gasteiger partial charge >= 0.3 is 6.03 Å². The van der Waals surface area contributed by atoms with Crippen molar-refractivity contribution in [1.82, 2.24) is 15.1 Å². The van der Waals surface area contributed by atoms with Crippen molar-refractivity contribution in [2.45, 2.75) is 25.3 Å². The molecule has 0 unspecified atom stereocenters.